The number of likely N-dealkylation sites (tertiary alicyclic amines) is 2. The molecule has 2 aromatic heterocycles. The molecule has 2 saturated heterocycles. The standard InChI is InChI=1S/C23H29FN6O3/c1-2-19-17-6-3-7-18(24)21(17)30(26-19)23-25-22(33-27-23)15-8-11-28(12-9-15)13-16-5-4-10-29(16)20(32)14-31/h3,6-7,15-16,31H,2,4-5,8-14H2,1H3. The summed E-state index contributed by atoms with van der Waals surface area (Å²) in [4.78, 5) is 20.7. The van der Waals surface area contributed by atoms with Gasteiger partial charge in [0.15, 0.2) is 0 Å². The highest BCUT2D eigenvalue weighted by atomic mass is 19.1. The highest BCUT2D eigenvalue weighted by molar-refractivity contribution is 5.83. The summed E-state index contributed by atoms with van der Waals surface area (Å²) in [6.07, 6.45) is 4.39. The molecule has 1 N–H and O–H groups in total. The van der Waals surface area contributed by atoms with Crippen LogP contribution in [0.2, 0.25) is 0 Å². The fourth-order valence-electron chi connectivity index (χ4n) is 5.18. The van der Waals surface area contributed by atoms with Crippen molar-refractivity contribution >= 4 is 16.8 Å². The number of hydrogen-bond donors (Lipinski definition) is 1. The summed E-state index contributed by atoms with van der Waals surface area (Å²) >= 11 is 0. The summed E-state index contributed by atoms with van der Waals surface area (Å²) in [6, 6.07) is 5.13. The zero-order valence-electron chi connectivity index (χ0n) is 18.8. The van der Waals surface area contributed by atoms with Crippen LogP contribution < -0.4 is 0 Å². The molecule has 1 unspecified atom stereocenters. The molecule has 2 fully saturated rings. The smallest absolute Gasteiger partial charge is 0.291 e. The molecule has 2 aliphatic heterocycles. The molecule has 1 aromatic carbocycles. The Morgan fingerprint density at radius 1 is 1.24 bits per heavy atom. The van der Waals surface area contributed by atoms with Crippen molar-refractivity contribution in [2.75, 3.05) is 32.8 Å². The van der Waals surface area contributed by atoms with Gasteiger partial charge in [-0.1, -0.05) is 19.1 Å². The molecule has 5 rings (SSSR count). The zero-order valence-corrected chi connectivity index (χ0v) is 18.8. The second-order valence-corrected chi connectivity index (χ2v) is 8.90. The minimum Gasteiger partial charge on any atom is -0.387 e. The van der Waals surface area contributed by atoms with Gasteiger partial charge < -0.3 is 19.4 Å². The number of aryl methyl sites for hydroxylation is 1. The first-order chi connectivity index (χ1) is 16.1. The number of carbonyl (C=O) groups excluding carboxylic acids is 1. The Morgan fingerprint density at radius 2 is 2.06 bits per heavy atom. The van der Waals surface area contributed by atoms with Crippen LogP contribution in [0.15, 0.2) is 22.7 Å². The van der Waals surface area contributed by atoms with E-state index in [4.69, 9.17) is 4.52 Å². The van der Waals surface area contributed by atoms with Crippen LogP contribution in [0.25, 0.3) is 16.9 Å². The van der Waals surface area contributed by atoms with Crippen molar-refractivity contribution in [3.8, 4) is 5.95 Å². The van der Waals surface area contributed by atoms with Crippen molar-refractivity contribution in [2.45, 2.75) is 51.0 Å². The van der Waals surface area contributed by atoms with E-state index in [1.54, 1.807) is 6.07 Å². The Hall–Kier alpha value is -2.85. The molecule has 33 heavy (non-hydrogen) atoms. The van der Waals surface area contributed by atoms with Gasteiger partial charge in [0.2, 0.25) is 11.8 Å². The summed E-state index contributed by atoms with van der Waals surface area (Å²) in [5, 5.41) is 18.6. The van der Waals surface area contributed by atoms with Crippen LogP contribution in [0.3, 0.4) is 0 Å². The minimum absolute atomic E-state index is 0.138. The fourth-order valence-corrected chi connectivity index (χ4v) is 5.18. The lowest BCUT2D eigenvalue weighted by atomic mass is 9.96. The highest BCUT2D eigenvalue weighted by Gasteiger charge is 2.32. The number of nitrogens with zero attached hydrogens (tertiary/aromatic N) is 6. The molecule has 3 aromatic rings. The van der Waals surface area contributed by atoms with E-state index >= 15 is 0 Å². The zero-order chi connectivity index (χ0) is 22.9. The largest absolute Gasteiger partial charge is 0.387 e. The van der Waals surface area contributed by atoms with E-state index in [0.29, 0.717) is 17.8 Å². The van der Waals surface area contributed by atoms with Crippen molar-refractivity contribution in [1.29, 1.82) is 0 Å². The Bertz CT molecular complexity index is 1140. The topological polar surface area (TPSA) is 101 Å². The summed E-state index contributed by atoms with van der Waals surface area (Å²) in [6.45, 7) is 4.86. The SMILES string of the molecule is CCc1nn(-c2noc(C3CCN(CC4CCCN4C(=O)CO)CC3)n2)c2c(F)cccc12. The average molecular weight is 457 g/mol. The highest BCUT2D eigenvalue weighted by Crippen LogP contribution is 2.30. The summed E-state index contributed by atoms with van der Waals surface area (Å²) in [5.41, 5.74) is 1.17. The summed E-state index contributed by atoms with van der Waals surface area (Å²) in [5.74, 6) is 0.408. The van der Waals surface area contributed by atoms with Crippen LogP contribution in [0.5, 0.6) is 0 Å². The summed E-state index contributed by atoms with van der Waals surface area (Å²) < 4.78 is 21.6. The number of benzene rings is 1. The molecule has 2 aliphatic rings. The number of aliphatic hydroxyl groups is 1. The first kappa shape index (κ1) is 22.0. The molecule has 176 valence electrons. The van der Waals surface area contributed by atoms with Crippen LogP contribution in [0, 0.1) is 5.82 Å². The first-order valence-electron chi connectivity index (χ1n) is 11.7. The second kappa shape index (κ2) is 9.18. The van der Waals surface area contributed by atoms with Gasteiger partial charge in [0, 0.05) is 30.4 Å². The number of amides is 1. The van der Waals surface area contributed by atoms with E-state index in [1.165, 1.54) is 10.7 Å². The average Bonchev–Trinajstić information content (AvgIpc) is 3.58. The van der Waals surface area contributed by atoms with Crippen LogP contribution in [0.1, 0.15) is 50.1 Å². The van der Waals surface area contributed by atoms with E-state index in [1.807, 2.05) is 17.9 Å². The lowest BCUT2D eigenvalue weighted by molar-refractivity contribution is -0.135. The Morgan fingerprint density at radius 3 is 2.82 bits per heavy atom. The van der Waals surface area contributed by atoms with Gasteiger partial charge in [0.25, 0.3) is 5.95 Å². The van der Waals surface area contributed by atoms with Crippen molar-refractivity contribution in [1.82, 2.24) is 29.7 Å². The normalized spacial score (nSPS) is 20.2. The Balaban J connectivity index is 1.26. The molecule has 1 atom stereocenters. The van der Waals surface area contributed by atoms with Gasteiger partial charge in [0.1, 0.15) is 17.9 Å². The molecule has 1 amide bonds. The quantitative estimate of drug-likeness (QED) is 0.607. The summed E-state index contributed by atoms with van der Waals surface area (Å²) in [7, 11) is 0. The number of aromatic nitrogens is 4. The molecule has 0 saturated carbocycles. The van der Waals surface area contributed by atoms with Crippen molar-refractivity contribution in [2.24, 2.45) is 0 Å². The number of rotatable bonds is 6. The second-order valence-electron chi connectivity index (χ2n) is 8.90. The van der Waals surface area contributed by atoms with Gasteiger partial charge in [-0.15, -0.1) is 0 Å². The van der Waals surface area contributed by atoms with Gasteiger partial charge in [-0.2, -0.15) is 14.8 Å². The van der Waals surface area contributed by atoms with Crippen molar-refractivity contribution < 1.29 is 18.8 Å². The van der Waals surface area contributed by atoms with Crippen LogP contribution in [-0.4, -0.2) is 79.6 Å². The predicted octanol–water partition coefficient (Wildman–Crippen LogP) is 2.27. The van der Waals surface area contributed by atoms with E-state index < -0.39 is 6.61 Å². The Kier molecular flexibility index (Phi) is 6.11. The van der Waals surface area contributed by atoms with Crippen LogP contribution in [-0.2, 0) is 11.2 Å². The molecule has 9 nitrogen and oxygen atoms in total. The lowest BCUT2D eigenvalue weighted by Gasteiger charge is -2.34. The predicted molar refractivity (Wildman–Crippen MR) is 118 cm³/mol. The maximum atomic E-state index is 14.6. The van der Waals surface area contributed by atoms with Crippen molar-refractivity contribution in [3.63, 3.8) is 0 Å². The third-order valence-corrected chi connectivity index (χ3v) is 6.92. The monoisotopic (exact) mass is 456 g/mol. The number of piperidine rings is 1. The number of para-hydroxylation sites is 1. The molecular formula is C23H29FN6O3. The third-order valence-electron chi connectivity index (χ3n) is 6.92. The van der Waals surface area contributed by atoms with E-state index in [0.717, 1.165) is 62.9 Å². The third kappa shape index (κ3) is 4.13. The molecule has 0 bridgehead atoms. The number of carbonyl (C=O) groups is 1. The molecule has 4 heterocycles. The van der Waals surface area contributed by atoms with E-state index in [-0.39, 0.29) is 29.6 Å². The minimum atomic E-state index is -0.423. The number of hydrogen-bond acceptors (Lipinski definition) is 7. The van der Waals surface area contributed by atoms with Gasteiger partial charge in [0.05, 0.1) is 5.69 Å². The first-order valence-corrected chi connectivity index (χ1v) is 11.7. The van der Waals surface area contributed by atoms with Gasteiger partial charge in [-0.25, -0.2) is 4.39 Å². The maximum absolute atomic E-state index is 14.6. The van der Waals surface area contributed by atoms with Crippen LogP contribution in [0.4, 0.5) is 4.39 Å². The van der Waals surface area contributed by atoms with Gasteiger partial charge in [-0.3, -0.25) is 4.79 Å². The molecular weight excluding hydrogens is 427 g/mol. The van der Waals surface area contributed by atoms with E-state index in [2.05, 4.69) is 20.1 Å². The molecule has 0 aliphatic carbocycles. The molecule has 10 heteroatoms. The van der Waals surface area contributed by atoms with Crippen LogP contribution >= 0.6 is 0 Å². The number of halogens is 1. The lowest BCUT2D eigenvalue weighted by Crippen LogP contribution is -2.46. The van der Waals surface area contributed by atoms with E-state index in [9.17, 15) is 14.3 Å². The number of aliphatic hydroxyl groups excluding tert-OH is 1. The number of fused-ring (bicyclic) bond motifs is 1. The Labute approximate surface area is 191 Å². The molecule has 0 spiro atoms. The fraction of sp³-hybridized carbons (Fsp3) is 0.565. The molecule has 0 radical (unpaired) electrons. The van der Waals surface area contributed by atoms with Crippen molar-refractivity contribution in [3.05, 3.63) is 35.6 Å². The maximum Gasteiger partial charge on any atom is 0.291 e. The van der Waals surface area contributed by atoms with Gasteiger partial charge >= 0.3 is 0 Å². The van der Waals surface area contributed by atoms with Gasteiger partial charge in [-0.05, 0) is 56.4 Å².